The smallest absolute Gasteiger partial charge is 0.416 e. The van der Waals surface area contributed by atoms with Crippen LogP contribution in [-0.2, 0) is 12.7 Å². The fourth-order valence-electron chi connectivity index (χ4n) is 5.00. The van der Waals surface area contributed by atoms with Crippen molar-refractivity contribution in [2.75, 3.05) is 48.4 Å². The predicted molar refractivity (Wildman–Crippen MR) is 163 cm³/mol. The molecule has 1 aliphatic heterocycles. The highest BCUT2D eigenvalue weighted by Crippen LogP contribution is 2.35. The first-order valence-electron chi connectivity index (χ1n) is 13.9. The second kappa shape index (κ2) is 13.0. The zero-order chi connectivity index (χ0) is 32.1. The van der Waals surface area contributed by atoms with Gasteiger partial charge in [-0.3, -0.25) is 10.1 Å². The largest absolute Gasteiger partial charge is 0.497 e. The van der Waals surface area contributed by atoms with E-state index in [1.54, 1.807) is 24.3 Å². The van der Waals surface area contributed by atoms with Crippen molar-refractivity contribution in [1.82, 2.24) is 0 Å². The molecule has 234 valence electrons. The van der Waals surface area contributed by atoms with Crippen LogP contribution < -0.4 is 24.6 Å². The first-order valence-corrected chi connectivity index (χ1v) is 13.9. The van der Waals surface area contributed by atoms with Gasteiger partial charge >= 0.3 is 12.1 Å². The number of nitrogens with one attached hydrogen (secondary N) is 1. The fraction of sp³-hybridized carbons (Fsp3) is 0.219. The summed E-state index contributed by atoms with van der Waals surface area (Å²) in [6, 6.07) is 21.6. The number of methoxy groups -OCH3 is 1. The number of benzene rings is 4. The summed E-state index contributed by atoms with van der Waals surface area (Å²) in [4.78, 5) is 26.4. The van der Waals surface area contributed by atoms with Crippen molar-refractivity contribution in [3.8, 4) is 17.2 Å². The number of non-ortho nitro benzene ring substituents is 1. The SMILES string of the molecule is COc1ccc(CNc2ccc(N3CCN(c4cccc(C(F)(F)F)c4)CC3)cc2)c(Oc2ccc([N+](=O)[O-])cc2C(=O)O)c1. The van der Waals surface area contributed by atoms with Gasteiger partial charge in [-0.1, -0.05) is 6.07 Å². The molecule has 45 heavy (non-hydrogen) atoms. The van der Waals surface area contributed by atoms with Gasteiger partial charge in [0.1, 0.15) is 22.8 Å². The van der Waals surface area contributed by atoms with E-state index >= 15 is 0 Å². The predicted octanol–water partition coefficient (Wildman–Crippen LogP) is 7.05. The van der Waals surface area contributed by atoms with Gasteiger partial charge in [0.05, 0.1) is 17.6 Å². The standard InChI is InChI=1S/C32H29F3N4O6/c1-44-27-11-5-21(30(19-27)45-29-12-10-26(39(42)43)18-28(29)31(40)41)20-36-23-6-8-24(9-7-23)37-13-15-38(16-14-37)25-4-2-3-22(17-25)32(33,34)35/h2-12,17-19,36H,13-16,20H2,1H3,(H,40,41). The molecule has 0 bridgehead atoms. The van der Waals surface area contributed by atoms with Gasteiger partial charge in [0.2, 0.25) is 0 Å². The molecule has 1 fully saturated rings. The Morgan fingerprint density at radius 1 is 0.911 bits per heavy atom. The number of nitro benzene ring substituents is 1. The van der Waals surface area contributed by atoms with Crippen LogP contribution in [0.3, 0.4) is 0 Å². The second-order valence-electron chi connectivity index (χ2n) is 10.2. The molecule has 0 aliphatic carbocycles. The maximum atomic E-state index is 13.1. The molecule has 0 unspecified atom stereocenters. The fourth-order valence-corrected chi connectivity index (χ4v) is 5.00. The van der Waals surface area contributed by atoms with Crippen molar-refractivity contribution in [3.63, 3.8) is 0 Å². The van der Waals surface area contributed by atoms with Crippen molar-refractivity contribution in [2.45, 2.75) is 12.7 Å². The van der Waals surface area contributed by atoms with Crippen LogP contribution in [-0.4, -0.2) is 49.3 Å². The van der Waals surface area contributed by atoms with Gasteiger partial charge in [-0.25, -0.2) is 4.79 Å². The third-order valence-corrected chi connectivity index (χ3v) is 7.43. The maximum Gasteiger partial charge on any atom is 0.416 e. The number of nitrogens with zero attached hydrogens (tertiary/aromatic N) is 3. The molecule has 1 saturated heterocycles. The highest BCUT2D eigenvalue weighted by molar-refractivity contribution is 5.92. The number of carboxylic acids is 1. The number of carbonyl (C=O) groups is 1. The van der Waals surface area contributed by atoms with Crippen LogP contribution in [0.1, 0.15) is 21.5 Å². The summed E-state index contributed by atoms with van der Waals surface area (Å²) in [5, 5.41) is 24.1. The molecule has 0 radical (unpaired) electrons. The Balaban J connectivity index is 1.23. The Hall–Kier alpha value is -5.46. The normalized spacial score (nSPS) is 13.3. The molecule has 10 nitrogen and oxygen atoms in total. The number of anilines is 3. The monoisotopic (exact) mass is 622 g/mol. The Kier molecular flexibility index (Phi) is 8.98. The topological polar surface area (TPSA) is 117 Å². The van der Waals surface area contributed by atoms with E-state index in [1.807, 2.05) is 29.2 Å². The van der Waals surface area contributed by atoms with Crippen LogP contribution in [0, 0.1) is 10.1 Å². The lowest BCUT2D eigenvalue weighted by atomic mass is 10.1. The minimum absolute atomic E-state index is 0.0555. The molecule has 5 rings (SSSR count). The Labute approximate surface area is 256 Å². The molecule has 0 aromatic heterocycles. The highest BCUT2D eigenvalue weighted by atomic mass is 19.4. The summed E-state index contributed by atoms with van der Waals surface area (Å²) in [5.41, 5.74) is 1.65. The number of nitro groups is 1. The Morgan fingerprint density at radius 2 is 1.60 bits per heavy atom. The van der Waals surface area contributed by atoms with Gasteiger partial charge in [0.25, 0.3) is 5.69 Å². The summed E-state index contributed by atoms with van der Waals surface area (Å²) in [7, 11) is 1.48. The summed E-state index contributed by atoms with van der Waals surface area (Å²) in [6.07, 6.45) is -4.38. The third kappa shape index (κ3) is 7.37. The Bertz CT molecular complexity index is 1690. The molecule has 1 aliphatic rings. The Morgan fingerprint density at radius 3 is 2.22 bits per heavy atom. The highest BCUT2D eigenvalue weighted by Gasteiger charge is 2.31. The molecule has 1 heterocycles. The molecular formula is C32H29F3N4O6. The average Bonchev–Trinajstić information content (AvgIpc) is 3.04. The lowest BCUT2D eigenvalue weighted by molar-refractivity contribution is -0.384. The van der Waals surface area contributed by atoms with E-state index in [9.17, 15) is 33.2 Å². The molecule has 0 saturated carbocycles. The zero-order valence-corrected chi connectivity index (χ0v) is 24.1. The van der Waals surface area contributed by atoms with E-state index in [0.29, 0.717) is 55.5 Å². The molecule has 13 heteroatoms. The van der Waals surface area contributed by atoms with Crippen LogP contribution in [0.15, 0.2) is 84.9 Å². The van der Waals surface area contributed by atoms with Gasteiger partial charge in [0, 0.05) is 73.5 Å². The van der Waals surface area contributed by atoms with Gasteiger partial charge in [0.15, 0.2) is 0 Å². The number of hydrogen-bond donors (Lipinski definition) is 2. The van der Waals surface area contributed by atoms with Crippen molar-refractivity contribution in [3.05, 3.63) is 112 Å². The minimum Gasteiger partial charge on any atom is -0.497 e. The summed E-state index contributed by atoms with van der Waals surface area (Å²) in [6.45, 7) is 2.77. The number of aromatic carboxylic acids is 1. The quantitative estimate of drug-likeness (QED) is 0.142. The zero-order valence-electron chi connectivity index (χ0n) is 24.1. The average molecular weight is 623 g/mol. The van der Waals surface area contributed by atoms with Crippen molar-refractivity contribution in [2.24, 2.45) is 0 Å². The minimum atomic E-state index is -4.38. The molecule has 4 aromatic rings. The van der Waals surface area contributed by atoms with Crippen LogP contribution in [0.4, 0.5) is 35.9 Å². The molecule has 4 aromatic carbocycles. The maximum absolute atomic E-state index is 13.1. The number of rotatable bonds is 10. The third-order valence-electron chi connectivity index (χ3n) is 7.43. The van der Waals surface area contributed by atoms with Crippen LogP contribution in [0.5, 0.6) is 17.2 Å². The van der Waals surface area contributed by atoms with Gasteiger partial charge in [-0.2, -0.15) is 13.2 Å². The number of halogens is 3. The van der Waals surface area contributed by atoms with Crippen molar-refractivity contribution < 1.29 is 37.5 Å². The van der Waals surface area contributed by atoms with E-state index in [1.165, 1.54) is 31.4 Å². The summed E-state index contributed by atoms with van der Waals surface area (Å²) >= 11 is 0. The van der Waals surface area contributed by atoms with Crippen molar-refractivity contribution >= 4 is 28.7 Å². The number of ether oxygens (including phenoxy) is 2. The van der Waals surface area contributed by atoms with Crippen LogP contribution in [0.25, 0.3) is 0 Å². The summed E-state index contributed by atoms with van der Waals surface area (Å²) in [5.74, 6) is -0.632. The van der Waals surface area contributed by atoms with Crippen LogP contribution in [0.2, 0.25) is 0 Å². The molecular weight excluding hydrogens is 593 g/mol. The first kappa shape index (κ1) is 31.0. The number of alkyl halides is 3. The van der Waals surface area contributed by atoms with Crippen LogP contribution >= 0.6 is 0 Å². The van der Waals surface area contributed by atoms with Gasteiger partial charge < -0.3 is 29.7 Å². The molecule has 2 N–H and O–H groups in total. The van der Waals surface area contributed by atoms with E-state index in [4.69, 9.17) is 9.47 Å². The molecule has 0 atom stereocenters. The number of hydrogen-bond acceptors (Lipinski definition) is 8. The van der Waals surface area contributed by atoms with Gasteiger partial charge in [-0.05, 0) is 60.7 Å². The van der Waals surface area contributed by atoms with E-state index in [-0.39, 0.29) is 17.0 Å². The molecule has 0 spiro atoms. The van der Waals surface area contributed by atoms with E-state index in [2.05, 4.69) is 10.2 Å². The van der Waals surface area contributed by atoms with E-state index < -0.39 is 22.6 Å². The number of carboxylic acid groups (broad SMARTS) is 1. The lowest BCUT2D eigenvalue weighted by Gasteiger charge is -2.37. The summed E-state index contributed by atoms with van der Waals surface area (Å²) < 4.78 is 50.6. The van der Waals surface area contributed by atoms with Gasteiger partial charge in [-0.15, -0.1) is 0 Å². The second-order valence-corrected chi connectivity index (χ2v) is 10.2. The van der Waals surface area contributed by atoms with E-state index in [0.717, 1.165) is 23.5 Å². The molecule has 0 amide bonds. The van der Waals surface area contributed by atoms with Crippen molar-refractivity contribution in [1.29, 1.82) is 0 Å². The number of piperazine rings is 1. The first-order chi connectivity index (χ1) is 21.5. The lowest BCUT2D eigenvalue weighted by Crippen LogP contribution is -2.46.